The molecule has 3 aromatic carbocycles. The SMILES string of the molecule is COCCOC(=O)Nc1ccc(NC(=O)[C@H](Cc2ccccc2)NC(=O)/C=C/c2cc(Cl)ccc2-n2cnnn2)cc1. The predicted octanol–water partition coefficient (Wildman–Crippen LogP) is 3.89. The number of nitrogens with zero attached hydrogens (tertiary/aromatic N) is 4. The summed E-state index contributed by atoms with van der Waals surface area (Å²) in [5.74, 6) is -0.905. The third-order valence-corrected chi connectivity index (χ3v) is 6.07. The van der Waals surface area contributed by atoms with Gasteiger partial charge in [-0.25, -0.2) is 4.79 Å². The Morgan fingerprint density at radius 1 is 0.976 bits per heavy atom. The van der Waals surface area contributed by atoms with Gasteiger partial charge in [-0.2, -0.15) is 4.68 Å². The zero-order valence-electron chi connectivity index (χ0n) is 22.6. The van der Waals surface area contributed by atoms with Crippen LogP contribution in [0.1, 0.15) is 11.1 Å². The molecular formula is C29H28ClN7O5. The van der Waals surface area contributed by atoms with Gasteiger partial charge in [0.15, 0.2) is 0 Å². The molecule has 1 heterocycles. The van der Waals surface area contributed by atoms with E-state index in [1.165, 1.54) is 24.2 Å². The Kier molecular flexibility index (Phi) is 10.7. The van der Waals surface area contributed by atoms with Crippen LogP contribution < -0.4 is 16.0 Å². The van der Waals surface area contributed by atoms with Gasteiger partial charge in [-0.15, -0.1) is 5.10 Å². The number of halogens is 1. The van der Waals surface area contributed by atoms with Crippen molar-refractivity contribution in [3.8, 4) is 5.69 Å². The fourth-order valence-electron chi connectivity index (χ4n) is 3.82. The summed E-state index contributed by atoms with van der Waals surface area (Å²) in [6.07, 6.45) is 3.95. The Morgan fingerprint density at radius 3 is 2.40 bits per heavy atom. The predicted molar refractivity (Wildman–Crippen MR) is 157 cm³/mol. The van der Waals surface area contributed by atoms with Crippen molar-refractivity contribution in [2.24, 2.45) is 0 Å². The number of amides is 3. The van der Waals surface area contributed by atoms with Crippen LogP contribution in [0.3, 0.4) is 0 Å². The lowest BCUT2D eigenvalue weighted by Crippen LogP contribution is -2.44. The van der Waals surface area contributed by atoms with Gasteiger partial charge in [0.1, 0.15) is 19.0 Å². The molecular weight excluding hydrogens is 562 g/mol. The number of tetrazole rings is 1. The monoisotopic (exact) mass is 589 g/mol. The van der Waals surface area contributed by atoms with Crippen LogP contribution in [0.15, 0.2) is 85.2 Å². The van der Waals surface area contributed by atoms with Crippen LogP contribution in [-0.2, 0) is 25.5 Å². The molecule has 0 aliphatic rings. The molecule has 0 spiro atoms. The Hall–Kier alpha value is -5.07. The first-order valence-electron chi connectivity index (χ1n) is 12.8. The number of benzene rings is 3. The van der Waals surface area contributed by atoms with Crippen molar-refractivity contribution in [3.05, 3.63) is 101 Å². The van der Waals surface area contributed by atoms with Crippen LogP contribution in [0.25, 0.3) is 11.8 Å². The maximum Gasteiger partial charge on any atom is 0.411 e. The third kappa shape index (κ3) is 8.98. The van der Waals surface area contributed by atoms with E-state index in [4.69, 9.17) is 21.1 Å². The molecule has 3 amide bonds. The Labute approximate surface area is 246 Å². The van der Waals surface area contributed by atoms with Crippen LogP contribution in [0.2, 0.25) is 5.02 Å². The molecule has 4 rings (SSSR count). The van der Waals surface area contributed by atoms with Crippen molar-refractivity contribution >= 4 is 47.0 Å². The molecule has 0 unspecified atom stereocenters. The van der Waals surface area contributed by atoms with Crippen molar-refractivity contribution in [2.45, 2.75) is 12.5 Å². The van der Waals surface area contributed by atoms with Crippen LogP contribution in [0.4, 0.5) is 16.2 Å². The summed E-state index contributed by atoms with van der Waals surface area (Å²) < 4.78 is 11.3. The van der Waals surface area contributed by atoms with Gasteiger partial charge in [0, 0.05) is 41.6 Å². The molecule has 1 aromatic heterocycles. The molecule has 216 valence electrons. The van der Waals surface area contributed by atoms with Crippen molar-refractivity contribution in [1.29, 1.82) is 0 Å². The van der Waals surface area contributed by atoms with Crippen molar-refractivity contribution in [2.75, 3.05) is 31.0 Å². The maximum atomic E-state index is 13.3. The summed E-state index contributed by atoms with van der Waals surface area (Å²) in [5.41, 5.74) is 3.05. The molecule has 12 nitrogen and oxygen atoms in total. The van der Waals surface area contributed by atoms with E-state index in [1.807, 2.05) is 30.3 Å². The average molecular weight is 590 g/mol. The molecule has 0 aliphatic heterocycles. The number of hydrogen-bond acceptors (Lipinski definition) is 8. The molecule has 0 saturated heterocycles. The van der Waals surface area contributed by atoms with Gasteiger partial charge >= 0.3 is 6.09 Å². The molecule has 0 bridgehead atoms. The summed E-state index contributed by atoms with van der Waals surface area (Å²) in [7, 11) is 1.51. The number of methoxy groups -OCH3 is 1. The lowest BCUT2D eigenvalue weighted by Gasteiger charge is -2.18. The summed E-state index contributed by atoms with van der Waals surface area (Å²) in [6.45, 7) is 0.414. The Bertz CT molecular complexity index is 1510. The molecule has 0 saturated carbocycles. The van der Waals surface area contributed by atoms with Crippen molar-refractivity contribution in [1.82, 2.24) is 25.5 Å². The standard InChI is InChI=1S/C29H28ClN7O5/c1-41-15-16-42-29(40)33-24-11-9-23(10-12-24)32-28(39)25(17-20-5-3-2-4-6-20)34-27(38)14-7-21-18-22(30)8-13-26(21)37-19-31-35-36-37/h2-14,18-19,25H,15-17H2,1H3,(H,32,39)(H,33,40)(H,34,38)/b14-7+/t25-/m0/s1. The highest BCUT2D eigenvalue weighted by atomic mass is 35.5. The van der Waals surface area contributed by atoms with E-state index in [1.54, 1.807) is 48.5 Å². The molecule has 42 heavy (non-hydrogen) atoms. The zero-order valence-corrected chi connectivity index (χ0v) is 23.3. The second-order valence-corrected chi connectivity index (χ2v) is 9.30. The number of anilines is 2. The van der Waals surface area contributed by atoms with Gasteiger partial charge in [-0.05, 0) is 64.5 Å². The fourth-order valence-corrected chi connectivity index (χ4v) is 4.00. The van der Waals surface area contributed by atoms with Crippen LogP contribution >= 0.6 is 11.6 Å². The Balaban J connectivity index is 1.44. The van der Waals surface area contributed by atoms with E-state index in [0.29, 0.717) is 27.6 Å². The number of aromatic nitrogens is 4. The van der Waals surface area contributed by atoms with Crippen molar-refractivity contribution < 1.29 is 23.9 Å². The van der Waals surface area contributed by atoms with Gasteiger partial charge in [0.05, 0.1) is 12.3 Å². The van der Waals surface area contributed by atoms with E-state index < -0.39 is 23.9 Å². The number of ether oxygens (including phenoxy) is 2. The quantitative estimate of drug-likeness (QED) is 0.166. The van der Waals surface area contributed by atoms with Crippen molar-refractivity contribution in [3.63, 3.8) is 0 Å². The normalized spacial score (nSPS) is 11.6. The molecule has 3 N–H and O–H groups in total. The highest BCUT2D eigenvalue weighted by Gasteiger charge is 2.21. The van der Waals surface area contributed by atoms with Gasteiger partial charge in [0.2, 0.25) is 11.8 Å². The van der Waals surface area contributed by atoms with Crippen LogP contribution in [0, 0.1) is 0 Å². The minimum absolute atomic E-state index is 0.125. The van der Waals surface area contributed by atoms with Gasteiger partial charge < -0.3 is 20.1 Å². The number of rotatable bonds is 12. The molecule has 1 atom stereocenters. The smallest absolute Gasteiger partial charge is 0.411 e. The number of nitrogens with one attached hydrogen (secondary N) is 3. The summed E-state index contributed by atoms with van der Waals surface area (Å²) in [4.78, 5) is 38.1. The summed E-state index contributed by atoms with van der Waals surface area (Å²) in [5, 5.41) is 19.8. The summed E-state index contributed by atoms with van der Waals surface area (Å²) >= 11 is 6.17. The topological polar surface area (TPSA) is 149 Å². The second kappa shape index (κ2) is 15.1. The van der Waals surface area contributed by atoms with Crippen LogP contribution in [-0.4, -0.2) is 64.5 Å². The number of hydrogen-bond donors (Lipinski definition) is 3. The van der Waals surface area contributed by atoms with Crippen LogP contribution in [0.5, 0.6) is 0 Å². The minimum atomic E-state index is -0.892. The highest BCUT2D eigenvalue weighted by Crippen LogP contribution is 2.20. The van der Waals surface area contributed by atoms with E-state index in [2.05, 4.69) is 31.5 Å². The van der Waals surface area contributed by atoms with Gasteiger partial charge in [-0.1, -0.05) is 41.9 Å². The molecule has 0 radical (unpaired) electrons. The lowest BCUT2D eigenvalue weighted by atomic mass is 10.0. The van der Waals surface area contributed by atoms with Gasteiger partial charge in [0.25, 0.3) is 0 Å². The largest absolute Gasteiger partial charge is 0.447 e. The first-order valence-corrected chi connectivity index (χ1v) is 13.2. The van der Waals surface area contributed by atoms with E-state index in [9.17, 15) is 14.4 Å². The first-order chi connectivity index (χ1) is 20.4. The lowest BCUT2D eigenvalue weighted by molar-refractivity contribution is -0.123. The number of carbonyl (C=O) groups excluding carboxylic acids is 3. The molecule has 0 aliphatic carbocycles. The van der Waals surface area contributed by atoms with Gasteiger partial charge in [-0.3, -0.25) is 14.9 Å². The maximum absolute atomic E-state index is 13.3. The average Bonchev–Trinajstić information content (AvgIpc) is 3.52. The first kappa shape index (κ1) is 29.9. The minimum Gasteiger partial charge on any atom is -0.447 e. The third-order valence-electron chi connectivity index (χ3n) is 5.83. The van der Waals surface area contributed by atoms with E-state index in [-0.39, 0.29) is 19.6 Å². The fraction of sp³-hybridized carbons (Fsp3) is 0.172. The Morgan fingerprint density at radius 2 is 1.71 bits per heavy atom. The molecule has 4 aromatic rings. The zero-order chi connectivity index (χ0) is 29.7. The summed E-state index contributed by atoms with van der Waals surface area (Å²) in [6, 6.07) is 20.0. The number of carbonyl (C=O) groups is 3. The highest BCUT2D eigenvalue weighted by molar-refractivity contribution is 6.30. The molecule has 13 heteroatoms. The second-order valence-electron chi connectivity index (χ2n) is 8.86. The van der Waals surface area contributed by atoms with E-state index in [0.717, 1.165) is 5.56 Å². The van der Waals surface area contributed by atoms with E-state index >= 15 is 0 Å². The molecule has 0 fully saturated rings.